The lowest BCUT2D eigenvalue weighted by molar-refractivity contribution is -0.207. The summed E-state index contributed by atoms with van der Waals surface area (Å²) in [5.41, 5.74) is 2.60. The third-order valence-corrected chi connectivity index (χ3v) is 6.23. The molecule has 1 heterocycles. The van der Waals surface area contributed by atoms with Gasteiger partial charge < -0.3 is 15.6 Å². The zero-order valence-electron chi connectivity index (χ0n) is 21.0. The maximum atomic E-state index is 13.7. The summed E-state index contributed by atoms with van der Waals surface area (Å²) in [6.07, 6.45) is -14.8. The lowest BCUT2D eigenvalue weighted by atomic mass is 9.87. The van der Waals surface area contributed by atoms with E-state index in [0.717, 1.165) is 18.2 Å². The van der Waals surface area contributed by atoms with Gasteiger partial charge in [-0.15, -0.1) is 5.10 Å². The van der Waals surface area contributed by atoms with Gasteiger partial charge in [-0.25, -0.2) is 14.3 Å². The van der Waals surface area contributed by atoms with Crippen LogP contribution in [0.5, 0.6) is 0 Å². The summed E-state index contributed by atoms with van der Waals surface area (Å²) >= 11 is 5.85. The summed E-state index contributed by atoms with van der Waals surface area (Å²) in [5, 5.41) is 13.8. The number of aliphatic hydroxyl groups is 1. The Balaban J connectivity index is 1.95. The second-order valence-corrected chi connectivity index (χ2v) is 9.36. The molecule has 1 aromatic heterocycles. The molecule has 41 heavy (non-hydrogen) atoms. The highest BCUT2D eigenvalue weighted by Gasteiger charge is 2.39. The molecule has 0 radical (unpaired) electrons. The Hall–Kier alpha value is -3.85. The molecule has 0 aliphatic heterocycles. The minimum absolute atomic E-state index is 0.146. The number of nitrogens with zero attached hydrogens (tertiary/aromatic N) is 3. The number of ether oxygens (including phenoxy) is 1. The van der Waals surface area contributed by atoms with E-state index >= 15 is 0 Å². The van der Waals surface area contributed by atoms with Crippen LogP contribution in [0.4, 0.5) is 31.1 Å². The van der Waals surface area contributed by atoms with Gasteiger partial charge in [0.05, 0.1) is 18.7 Å². The molecule has 0 saturated carbocycles. The molecule has 9 nitrogen and oxygen atoms in total. The van der Waals surface area contributed by atoms with E-state index in [4.69, 9.17) is 17.3 Å². The first-order valence-corrected chi connectivity index (χ1v) is 12.2. The Bertz CT molecular complexity index is 1440. The number of Topliss-reactive ketones (excluding diaryl/α,β-unsaturated/α-hetero) is 1. The van der Waals surface area contributed by atoms with Gasteiger partial charge in [0.15, 0.2) is 17.7 Å². The highest BCUT2D eigenvalue weighted by atomic mass is 35.5. The molecule has 0 saturated heterocycles. The fraction of sp³-hybridized carbons (Fsp3) is 0.360. The van der Waals surface area contributed by atoms with Gasteiger partial charge in [0, 0.05) is 17.0 Å². The number of aliphatic hydroxyl groups excluding tert-OH is 1. The van der Waals surface area contributed by atoms with Crippen molar-refractivity contribution in [3.8, 4) is 11.4 Å². The van der Waals surface area contributed by atoms with Crippen LogP contribution in [0.1, 0.15) is 29.9 Å². The van der Waals surface area contributed by atoms with E-state index in [0.29, 0.717) is 9.25 Å². The molecule has 16 heteroatoms. The molecule has 0 fully saturated rings. The fourth-order valence-electron chi connectivity index (χ4n) is 4.08. The number of hydrogen-bond acceptors (Lipinski definition) is 6. The van der Waals surface area contributed by atoms with Gasteiger partial charge >= 0.3 is 24.1 Å². The number of aromatic nitrogens is 3. The van der Waals surface area contributed by atoms with Crippen LogP contribution in [0.3, 0.4) is 0 Å². The van der Waals surface area contributed by atoms with E-state index in [9.17, 15) is 45.8 Å². The lowest BCUT2D eigenvalue weighted by Gasteiger charge is -2.21. The van der Waals surface area contributed by atoms with Gasteiger partial charge in [-0.1, -0.05) is 29.8 Å². The number of amides is 1. The summed E-state index contributed by atoms with van der Waals surface area (Å²) < 4.78 is 85.9. The van der Waals surface area contributed by atoms with E-state index in [2.05, 4.69) is 9.84 Å². The molecule has 0 aliphatic carbocycles. The molecule has 3 aromatic rings. The van der Waals surface area contributed by atoms with Crippen LogP contribution in [-0.2, 0) is 28.8 Å². The molecule has 3 N–H and O–H groups in total. The molecule has 1 amide bonds. The Morgan fingerprint density at radius 3 is 2.27 bits per heavy atom. The standard InChI is InChI=1S/C25H23ClF6N4O5/c26-16-7-5-14(6-8-16)21-34-36(23(40)35(21)13-20(38)25(30,31)32)12-17(37)11-15(9-10-41-22(33)39)18-3-1-2-4-19(18)24(27,28)29/h1-8,15,20,38H,9-13H2,(H2,33,39)/t15-,20+/m1/s1. The number of halogens is 7. The summed E-state index contributed by atoms with van der Waals surface area (Å²) in [5.74, 6) is -2.24. The number of alkyl halides is 6. The van der Waals surface area contributed by atoms with Gasteiger partial charge in [0.2, 0.25) is 0 Å². The van der Waals surface area contributed by atoms with E-state index in [-0.39, 0.29) is 28.4 Å². The molecule has 2 atom stereocenters. The van der Waals surface area contributed by atoms with E-state index < -0.39 is 73.6 Å². The fourth-order valence-corrected chi connectivity index (χ4v) is 4.21. The molecule has 0 bridgehead atoms. The summed E-state index contributed by atoms with van der Waals surface area (Å²) in [6, 6.07) is 9.94. The summed E-state index contributed by atoms with van der Waals surface area (Å²) in [4.78, 5) is 37.0. The summed E-state index contributed by atoms with van der Waals surface area (Å²) in [6.45, 7) is -2.46. The van der Waals surface area contributed by atoms with Crippen LogP contribution < -0.4 is 11.4 Å². The van der Waals surface area contributed by atoms with Gasteiger partial charge in [-0.05, 0) is 48.2 Å². The number of nitrogens with two attached hydrogens (primary N) is 1. The molecular weight excluding hydrogens is 586 g/mol. The minimum Gasteiger partial charge on any atom is -0.450 e. The predicted molar refractivity (Wildman–Crippen MR) is 133 cm³/mol. The Labute approximate surface area is 233 Å². The Morgan fingerprint density at radius 2 is 1.68 bits per heavy atom. The van der Waals surface area contributed by atoms with Crippen molar-refractivity contribution >= 4 is 23.5 Å². The van der Waals surface area contributed by atoms with Crippen molar-refractivity contribution in [2.45, 2.75) is 50.3 Å². The van der Waals surface area contributed by atoms with Crippen LogP contribution in [-0.4, -0.2) is 50.2 Å². The van der Waals surface area contributed by atoms with Crippen LogP contribution in [0.15, 0.2) is 53.3 Å². The third-order valence-electron chi connectivity index (χ3n) is 5.98. The first kappa shape index (κ1) is 31.7. The second-order valence-electron chi connectivity index (χ2n) is 8.92. The average Bonchev–Trinajstić information content (AvgIpc) is 3.17. The van der Waals surface area contributed by atoms with Crippen molar-refractivity contribution in [3.05, 3.63) is 75.2 Å². The average molecular weight is 609 g/mol. The smallest absolute Gasteiger partial charge is 0.416 e. The molecule has 2 aromatic carbocycles. The lowest BCUT2D eigenvalue weighted by Crippen LogP contribution is -2.37. The van der Waals surface area contributed by atoms with Gasteiger partial charge in [0.1, 0.15) is 6.54 Å². The van der Waals surface area contributed by atoms with Crippen LogP contribution in [0.25, 0.3) is 11.4 Å². The number of hydrogen-bond donors (Lipinski definition) is 2. The van der Waals surface area contributed by atoms with E-state index in [1.54, 1.807) is 0 Å². The number of carbonyl (C=O) groups excluding carboxylic acids is 2. The molecule has 3 rings (SSSR count). The van der Waals surface area contributed by atoms with Gasteiger partial charge in [-0.3, -0.25) is 9.36 Å². The quantitative estimate of drug-likeness (QED) is 0.308. The Kier molecular flexibility index (Phi) is 9.86. The Morgan fingerprint density at radius 1 is 1.05 bits per heavy atom. The molecule has 222 valence electrons. The van der Waals surface area contributed by atoms with Gasteiger partial charge in [-0.2, -0.15) is 26.3 Å². The van der Waals surface area contributed by atoms with Gasteiger partial charge in [0.25, 0.3) is 0 Å². The monoisotopic (exact) mass is 608 g/mol. The first-order valence-electron chi connectivity index (χ1n) is 11.9. The summed E-state index contributed by atoms with van der Waals surface area (Å²) in [7, 11) is 0. The molecular formula is C25H23ClF6N4O5. The van der Waals surface area contributed by atoms with Crippen LogP contribution >= 0.6 is 11.6 Å². The largest absolute Gasteiger partial charge is 0.450 e. The van der Waals surface area contributed by atoms with Crippen molar-refractivity contribution in [1.82, 2.24) is 14.3 Å². The number of primary amides is 1. The van der Waals surface area contributed by atoms with Crippen LogP contribution in [0.2, 0.25) is 5.02 Å². The zero-order valence-corrected chi connectivity index (χ0v) is 21.7. The maximum absolute atomic E-state index is 13.7. The van der Waals surface area contributed by atoms with E-state index in [1.165, 1.54) is 30.3 Å². The zero-order chi connectivity index (χ0) is 30.5. The molecule has 0 aliphatic rings. The number of rotatable bonds is 11. The van der Waals surface area contributed by atoms with Crippen molar-refractivity contribution in [3.63, 3.8) is 0 Å². The van der Waals surface area contributed by atoms with Crippen molar-refractivity contribution in [1.29, 1.82) is 0 Å². The topological polar surface area (TPSA) is 129 Å². The second kappa shape index (κ2) is 12.8. The number of ketones is 1. The molecule has 0 spiro atoms. The van der Waals surface area contributed by atoms with Crippen molar-refractivity contribution < 1.29 is 45.8 Å². The van der Waals surface area contributed by atoms with E-state index in [1.807, 2.05) is 0 Å². The molecule has 0 unspecified atom stereocenters. The van der Waals surface area contributed by atoms with Crippen molar-refractivity contribution in [2.75, 3.05) is 6.61 Å². The van der Waals surface area contributed by atoms with Crippen LogP contribution in [0, 0.1) is 0 Å². The predicted octanol–water partition coefficient (Wildman–Crippen LogP) is 4.54. The highest BCUT2D eigenvalue weighted by molar-refractivity contribution is 6.30. The highest BCUT2D eigenvalue weighted by Crippen LogP contribution is 2.37. The van der Waals surface area contributed by atoms with Crippen molar-refractivity contribution in [2.24, 2.45) is 5.73 Å². The minimum atomic E-state index is -5.07. The third kappa shape index (κ3) is 8.33. The number of carbonyl (C=O) groups is 2. The maximum Gasteiger partial charge on any atom is 0.416 e. The SMILES string of the molecule is NC(=O)OCC[C@H](CC(=O)Cn1nc(-c2ccc(Cl)cc2)n(C[C@H](O)C(F)(F)F)c1=O)c1ccccc1C(F)(F)F. The first-order chi connectivity index (χ1) is 19.1. The number of benzene rings is 2. The normalized spacial score (nSPS) is 13.6.